The van der Waals surface area contributed by atoms with E-state index in [9.17, 15) is 0 Å². The molecule has 0 fully saturated rings. The summed E-state index contributed by atoms with van der Waals surface area (Å²) in [5.41, 5.74) is 7.89. The third-order valence-corrected chi connectivity index (χ3v) is 5.20. The number of rotatable bonds is 2. The van der Waals surface area contributed by atoms with Crippen molar-refractivity contribution >= 4 is 0 Å². The smallest absolute Gasteiger partial charge is 0.0211 e. The molecule has 0 spiro atoms. The van der Waals surface area contributed by atoms with Crippen LogP contribution < -0.4 is 5.32 Å². The summed E-state index contributed by atoms with van der Waals surface area (Å²) in [6.45, 7) is 2.18. The molecule has 2 aliphatic rings. The van der Waals surface area contributed by atoms with Gasteiger partial charge in [0.1, 0.15) is 0 Å². The molecule has 0 radical (unpaired) electrons. The van der Waals surface area contributed by atoms with E-state index in [4.69, 9.17) is 0 Å². The van der Waals surface area contributed by atoms with Crippen molar-refractivity contribution in [3.63, 3.8) is 0 Å². The van der Waals surface area contributed by atoms with Gasteiger partial charge in [-0.25, -0.2) is 0 Å². The van der Waals surface area contributed by atoms with Gasteiger partial charge in [-0.3, -0.25) is 0 Å². The minimum absolute atomic E-state index is 0.711. The van der Waals surface area contributed by atoms with Crippen LogP contribution in [0.5, 0.6) is 0 Å². The molecule has 0 saturated carbocycles. The van der Waals surface area contributed by atoms with Crippen molar-refractivity contribution in [2.24, 2.45) is 0 Å². The first-order valence-electron chi connectivity index (χ1n) is 8.30. The molecule has 0 amide bonds. The van der Waals surface area contributed by atoms with E-state index in [1.807, 2.05) is 0 Å². The monoisotopic (exact) mass is 277 g/mol. The summed E-state index contributed by atoms with van der Waals surface area (Å²) in [5, 5.41) is 3.54. The molecule has 1 N–H and O–H groups in total. The first kappa shape index (κ1) is 13.1. The Bertz CT molecular complexity index is 644. The Morgan fingerprint density at radius 2 is 1.86 bits per heavy atom. The molecule has 4 rings (SSSR count). The predicted octanol–water partition coefficient (Wildman–Crippen LogP) is 3.99. The van der Waals surface area contributed by atoms with Crippen molar-refractivity contribution in [2.45, 2.75) is 44.6 Å². The third kappa shape index (κ3) is 2.51. The second-order valence-electron chi connectivity index (χ2n) is 6.47. The molecule has 108 valence electrons. The van der Waals surface area contributed by atoms with Gasteiger partial charge < -0.3 is 5.32 Å². The number of benzene rings is 2. The van der Waals surface area contributed by atoms with E-state index >= 15 is 0 Å². The fraction of sp³-hybridized carbons (Fsp3) is 0.400. The zero-order chi connectivity index (χ0) is 14.1. The molecule has 1 aliphatic heterocycles. The van der Waals surface area contributed by atoms with Gasteiger partial charge in [-0.2, -0.15) is 0 Å². The maximum atomic E-state index is 3.54. The Morgan fingerprint density at radius 1 is 0.952 bits per heavy atom. The van der Waals surface area contributed by atoms with Crippen LogP contribution in [0.2, 0.25) is 0 Å². The van der Waals surface area contributed by atoms with E-state index in [-0.39, 0.29) is 0 Å². The van der Waals surface area contributed by atoms with Crippen molar-refractivity contribution < 1.29 is 0 Å². The maximum absolute atomic E-state index is 3.54. The van der Waals surface area contributed by atoms with E-state index < -0.39 is 0 Å². The van der Waals surface area contributed by atoms with Crippen LogP contribution in [0.1, 0.15) is 46.6 Å². The summed E-state index contributed by atoms with van der Waals surface area (Å²) >= 11 is 0. The summed E-state index contributed by atoms with van der Waals surface area (Å²) in [4.78, 5) is 0. The van der Waals surface area contributed by atoms with Crippen LogP contribution in [0, 0.1) is 0 Å². The Morgan fingerprint density at radius 3 is 2.86 bits per heavy atom. The molecule has 1 heterocycles. The molecule has 0 aromatic heterocycles. The number of nitrogens with one attached hydrogen (secondary N) is 1. The van der Waals surface area contributed by atoms with Crippen LogP contribution in [-0.2, 0) is 25.8 Å². The van der Waals surface area contributed by atoms with Gasteiger partial charge in [0.25, 0.3) is 0 Å². The summed E-state index contributed by atoms with van der Waals surface area (Å²) in [6, 6.07) is 16.0. The van der Waals surface area contributed by atoms with Crippen LogP contribution in [0.4, 0.5) is 0 Å². The zero-order valence-corrected chi connectivity index (χ0v) is 12.6. The number of aryl methyl sites for hydroxylation is 1. The normalized spacial score (nSPS) is 20.7. The molecule has 1 aliphatic carbocycles. The summed E-state index contributed by atoms with van der Waals surface area (Å²) < 4.78 is 0. The predicted molar refractivity (Wildman–Crippen MR) is 87.7 cm³/mol. The van der Waals surface area contributed by atoms with Gasteiger partial charge in [0.2, 0.25) is 0 Å². The van der Waals surface area contributed by atoms with E-state index in [0.29, 0.717) is 5.92 Å². The molecular formula is C20H23N. The lowest BCUT2D eigenvalue weighted by Gasteiger charge is -2.28. The van der Waals surface area contributed by atoms with Gasteiger partial charge in [-0.15, -0.1) is 0 Å². The van der Waals surface area contributed by atoms with Gasteiger partial charge >= 0.3 is 0 Å². The maximum Gasteiger partial charge on any atom is 0.0211 e. The SMILES string of the molecule is c1ccc2c(c1)CCCC2Cc1cccc2c1CNCC2. The van der Waals surface area contributed by atoms with Gasteiger partial charge in [0.15, 0.2) is 0 Å². The van der Waals surface area contributed by atoms with Crippen molar-refractivity contribution in [2.75, 3.05) is 6.54 Å². The minimum atomic E-state index is 0.711. The molecule has 2 aromatic rings. The van der Waals surface area contributed by atoms with Gasteiger partial charge in [-0.05, 0) is 72.4 Å². The van der Waals surface area contributed by atoms with Crippen molar-refractivity contribution in [1.82, 2.24) is 5.32 Å². The molecule has 0 bridgehead atoms. The summed E-state index contributed by atoms with van der Waals surface area (Å²) in [5.74, 6) is 0.711. The fourth-order valence-corrected chi connectivity index (χ4v) is 4.11. The van der Waals surface area contributed by atoms with E-state index in [1.165, 1.54) is 32.1 Å². The van der Waals surface area contributed by atoms with Crippen LogP contribution >= 0.6 is 0 Å². The molecule has 21 heavy (non-hydrogen) atoms. The zero-order valence-electron chi connectivity index (χ0n) is 12.6. The van der Waals surface area contributed by atoms with E-state index in [1.54, 1.807) is 27.8 Å². The van der Waals surface area contributed by atoms with Crippen LogP contribution in [0.25, 0.3) is 0 Å². The van der Waals surface area contributed by atoms with Crippen LogP contribution in [0.15, 0.2) is 42.5 Å². The number of fused-ring (bicyclic) bond motifs is 2. The highest BCUT2D eigenvalue weighted by molar-refractivity contribution is 5.40. The summed E-state index contributed by atoms with van der Waals surface area (Å²) in [6.07, 6.45) is 6.34. The third-order valence-electron chi connectivity index (χ3n) is 5.20. The lowest BCUT2D eigenvalue weighted by Crippen LogP contribution is -2.25. The van der Waals surface area contributed by atoms with E-state index in [0.717, 1.165) is 13.1 Å². The number of hydrogen-bond acceptors (Lipinski definition) is 1. The van der Waals surface area contributed by atoms with Crippen molar-refractivity contribution in [3.8, 4) is 0 Å². The largest absolute Gasteiger partial charge is 0.312 e. The van der Waals surface area contributed by atoms with E-state index in [2.05, 4.69) is 47.8 Å². The van der Waals surface area contributed by atoms with Crippen LogP contribution in [0.3, 0.4) is 0 Å². The van der Waals surface area contributed by atoms with Crippen molar-refractivity contribution in [3.05, 3.63) is 70.3 Å². The molecule has 1 atom stereocenters. The minimum Gasteiger partial charge on any atom is -0.312 e. The highest BCUT2D eigenvalue weighted by Crippen LogP contribution is 2.35. The highest BCUT2D eigenvalue weighted by atomic mass is 14.9. The molecule has 1 unspecified atom stereocenters. The first-order chi connectivity index (χ1) is 10.4. The van der Waals surface area contributed by atoms with Gasteiger partial charge in [-0.1, -0.05) is 42.5 Å². The summed E-state index contributed by atoms with van der Waals surface area (Å²) in [7, 11) is 0. The van der Waals surface area contributed by atoms with Crippen molar-refractivity contribution in [1.29, 1.82) is 0 Å². The average molecular weight is 277 g/mol. The molecular weight excluding hydrogens is 254 g/mol. The molecule has 2 aromatic carbocycles. The topological polar surface area (TPSA) is 12.0 Å². The molecule has 1 nitrogen and oxygen atoms in total. The Labute approximate surface area is 127 Å². The number of hydrogen-bond donors (Lipinski definition) is 1. The lowest BCUT2D eigenvalue weighted by atomic mass is 9.78. The second kappa shape index (κ2) is 5.65. The van der Waals surface area contributed by atoms with Gasteiger partial charge in [0.05, 0.1) is 0 Å². The molecule has 1 heteroatoms. The first-order valence-corrected chi connectivity index (χ1v) is 8.30. The Balaban J connectivity index is 1.66. The molecule has 0 saturated heterocycles. The van der Waals surface area contributed by atoms with Crippen LogP contribution in [-0.4, -0.2) is 6.54 Å². The average Bonchev–Trinajstić information content (AvgIpc) is 2.56. The Kier molecular flexibility index (Phi) is 3.52. The quantitative estimate of drug-likeness (QED) is 0.875. The standard InChI is InChI=1S/C20H23N/c1-2-10-19-15(5-1)6-3-8-17(19)13-18-9-4-7-16-11-12-21-14-20(16)18/h1-2,4-5,7,9-10,17,21H,3,6,8,11-14H2. The highest BCUT2D eigenvalue weighted by Gasteiger charge is 2.22. The fourth-order valence-electron chi connectivity index (χ4n) is 4.11. The second-order valence-corrected chi connectivity index (χ2v) is 6.47. The lowest BCUT2D eigenvalue weighted by molar-refractivity contribution is 0.544. The van der Waals surface area contributed by atoms with Gasteiger partial charge in [0, 0.05) is 6.54 Å². The Hall–Kier alpha value is -1.60.